The molecule has 33 heavy (non-hydrogen) atoms. The van der Waals surface area contributed by atoms with Crippen molar-refractivity contribution in [3.8, 4) is 11.5 Å². The molecule has 0 aliphatic carbocycles. The van der Waals surface area contributed by atoms with E-state index in [2.05, 4.69) is 10.6 Å². The molecule has 2 atom stereocenters. The number of hydrogen-bond acceptors (Lipinski definition) is 7. The molecule has 1 aromatic carbocycles. The third kappa shape index (κ3) is 8.08. The quantitative estimate of drug-likeness (QED) is 0.458. The second-order valence-electron chi connectivity index (χ2n) is 8.73. The van der Waals surface area contributed by atoms with Crippen LogP contribution in [-0.2, 0) is 9.47 Å². The lowest BCUT2D eigenvalue weighted by molar-refractivity contribution is 0.0665. The standard InChI is InChI=1S/C24H39N3O6/c1-16(2)27(15-19-13-25-14-20(19)26-24(29)33-17(3)4)23(28)18-8-9-21(31-6)22(12-18)32-11-7-10-30-5/h8-9,12,16-17,19-20,25H,7,10-11,13-15H2,1-6H3,(H,26,29). The Kier molecular flexibility index (Phi) is 10.7. The van der Waals surface area contributed by atoms with Crippen LogP contribution in [0.25, 0.3) is 0 Å². The summed E-state index contributed by atoms with van der Waals surface area (Å²) in [6, 6.07) is 5.10. The van der Waals surface area contributed by atoms with E-state index in [0.717, 1.165) is 6.42 Å². The molecular weight excluding hydrogens is 426 g/mol. The van der Waals surface area contributed by atoms with Crippen molar-refractivity contribution >= 4 is 12.0 Å². The molecule has 0 aromatic heterocycles. The van der Waals surface area contributed by atoms with Crippen molar-refractivity contribution in [1.82, 2.24) is 15.5 Å². The van der Waals surface area contributed by atoms with Crippen LogP contribution in [0.2, 0.25) is 0 Å². The lowest BCUT2D eigenvalue weighted by Crippen LogP contribution is -2.48. The van der Waals surface area contributed by atoms with Gasteiger partial charge in [-0.25, -0.2) is 4.79 Å². The lowest BCUT2D eigenvalue weighted by Gasteiger charge is -2.32. The van der Waals surface area contributed by atoms with E-state index in [9.17, 15) is 9.59 Å². The van der Waals surface area contributed by atoms with Crippen LogP contribution >= 0.6 is 0 Å². The highest BCUT2D eigenvalue weighted by molar-refractivity contribution is 5.95. The molecule has 2 N–H and O–H groups in total. The van der Waals surface area contributed by atoms with Gasteiger partial charge in [0, 0.05) is 57.3 Å². The normalized spacial score (nSPS) is 17.8. The first-order chi connectivity index (χ1) is 15.8. The van der Waals surface area contributed by atoms with Gasteiger partial charge in [-0.15, -0.1) is 0 Å². The SMILES string of the molecule is COCCCOc1cc(C(=O)N(CC2CNCC2NC(=O)OC(C)C)C(C)C)ccc1OC. The molecule has 1 aliphatic rings. The zero-order valence-corrected chi connectivity index (χ0v) is 20.7. The molecule has 0 spiro atoms. The Morgan fingerprint density at radius 3 is 2.52 bits per heavy atom. The van der Waals surface area contributed by atoms with E-state index in [1.165, 1.54) is 0 Å². The highest BCUT2D eigenvalue weighted by Crippen LogP contribution is 2.29. The van der Waals surface area contributed by atoms with Gasteiger partial charge in [0.05, 0.1) is 25.9 Å². The summed E-state index contributed by atoms with van der Waals surface area (Å²) in [5.74, 6) is 1.08. The van der Waals surface area contributed by atoms with Crippen LogP contribution < -0.4 is 20.1 Å². The monoisotopic (exact) mass is 465 g/mol. The summed E-state index contributed by atoms with van der Waals surface area (Å²) in [6.07, 6.45) is 0.113. The van der Waals surface area contributed by atoms with Gasteiger partial charge in [-0.05, 0) is 45.9 Å². The van der Waals surface area contributed by atoms with Crippen molar-refractivity contribution in [2.24, 2.45) is 5.92 Å². The van der Waals surface area contributed by atoms with Gasteiger partial charge in [-0.3, -0.25) is 4.79 Å². The van der Waals surface area contributed by atoms with E-state index in [1.807, 2.05) is 32.6 Å². The second-order valence-corrected chi connectivity index (χ2v) is 8.73. The molecule has 0 radical (unpaired) electrons. The fraction of sp³-hybridized carbons (Fsp3) is 0.667. The summed E-state index contributed by atoms with van der Waals surface area (Å²) in [5.41, 5.74) is 0.529. The Labute approximate surface area is 197 Å². The van der Waals surface area contributed by atoms with Gasteiger partial charge in [-0.2, -0.15) is 0 Å². The molecule has 0 bridgehead atoms. The zero-order chi connectivity index (χ0) is 24.4. The topological polar surface area (TPSA) is 98.4 Å². The Morgan fingerprint density at radius 2 is 1.88 bits per heavy atom. The fourth-order valence-corrected chi connectivity index (χ4v) is 3.75. The number of nitrogens with zero attached hydrogens (tertiary/aromatic N) is 1. The zero-order valence-electron chi connectivity index (χ0n) is 20.7. The van der Waals surface area contributed by atoms with Crippen molar-refractivity contribution in [2.45, 2.75) is 52.3 Å². The molecule has 1 fully saturated rings. The Morgan fingerprint density at radius 1 is 1.12 bits per heavy atom. The predicted octanol–water partition coefficient (Wildman–Crippen LogP) is 2.68. The van der Waals surface area contributed by atoms with Crippen LogP contribution in [0.5, 0.6) is 11.5 Å². The maximum atomic E-state index is 13.5. The Bertz CT molecular complexity index is 771. The molecule has 9 nitrogen and oxygen atoms in total. The molecule has 2 amide bonds. The van der Waals surface area contributed by atoms with Crippen molar-refractivity contribution in [3.63, 3.8) is 0 Å². The van der Waals surface area contributed by atoms with Gasteiger partial charge in [0.15, 0.2) is 11.5 Å². The van der Waals surface area contributed by atoms with Gasteiger partial charge in [0.1, 0.15) is 0 Å². The molecule has 2 rings (SSSR count). The highest BCUT2D eigenvalue weighted by Gasteiger charge is 2.33. The number of hydrogen-bond donors (Lipinski definition) is 2. The third-order valence-electron chi connectivity index (χ3n) is 5.46. The highest BCUT2D eigenvalue weighted by atomic mass is 16.6. The van der Waals surface area contributed by atoms with Gasteiger partial charge >= 0.3 is 6.09 Å². The minimum Gasteiger partial charge on any atom is -0.493 e. The van der Waals surface area contributed by atoms with Gasteiger partial charge < -0.3 is 34.5 Å². The summed E-state index contributed by atoms with van der Waals surface area (Å²) >= 11 is 0. The van der Waals surface area contributed by atoms with Crippen molar-refractivity contribution < 1.29 is 28.5 Å². The Hall–Kier alpha value is -2.52. The van der Waals surface area contributed by atoms with Gasteiger partial charge in [0.25, 0.3) is 5.91 Å². The molecule has 0 saturated carbocycles. The summed E-state index contributed by atoms with van der Waals surface area (Å²) in [7, 11) is 3.22. The number of nitrogens with one attached hydrogen (secondary N) is 2. The minimum atomic E-state index is -0.434. The van der Waals surface area contributed by atoms with E-state index in [0.29, 0.717) is 49.9 Å². The van der Waals surface area contributed by atoms with E-state index in [-0.39, 0.29) is 30.0 Å². The van der Waals surface area contributed by atoms with Crippen LogP contribution in [-0.4, -0.2) is 82.2 Å². The summed E-state index contributed by atoms with van der Waals surface area (Å²) in [4.78, 5) is 27.4. The second kappa shape index (κ2) is 13.3. The summed E-state index contributed by atoms with van der Waals surface area (Å²) in [5, 5.41) is 6.24. The molecule has 1 heterocycles. The number of amides is 2. The number of carbonyl (C=O) groups excluding carboxylic acids is 2. The van der Waals surface area contributed by atoms with E-state index in [1.54, 1.807) is 32.4 Å². The summed E-state index contributed by atoms with van der Waals surface area (Å²) in [6.45, 7) is 10.5. The third-order valence-corrected chi connectivity index (χ3v) is 5.46. The molecular formula is C24H39N3O6. The number of carbonyl (C=O) groups is 2. The van der Waals surface area contributed by atoms with Crippen molar-refractivity contribution in [2.75, 3.05) is 47.1 Å². The first kappa shape index (κ1) is 26.7. The largest absolute Gasteiger partial charge is 0.493 e. The van der Waals surface area contributed by atoms with Crippen LogP contribution in [0, 0.1) is 5.92 Å². The molecule has 1 aliphatic heterocycles. The fourth-order valence-electron chi connectivity index (χ4n) is 3.75. The molecule has 9 heteroatoms. The molecule has 186 valence electrons. The van der Waals surface area contributed by atoms with Crippen LogP contribution in [0.4, 0.5) is 4.79 Å². The lowest BCUT2D eigenvalue weighted by atomic mass is 10.0. The van der Waals surface area contributed by atoms with Gasteiger partial charge in [-0.1, -0.05) is 0 Å². The first-order valence-corrected chi connectivity index (χ1v) is 11.5. The average Bonchev–Trinajstić information content (AvgIpc) is 3.20. The van der Waals surface area contributed by atoms with Gasteiger partial charge in [0.2, 0.25) is 0 Å². The summed E-state index contributed by atoms with van der Waals surface area (Å²) < 4.78 is 21.5. The van der Waals surface area contributed by atoms with E-state index < -0.39 is 6.09 Å². The van der Waals surface area contributed by atoms with Crippen LogP contribution in [0.1, 0.15) is 44.5 Å². The minimum absolute atomic E-state index is 0.0189. The number of benzene rings is 1. The van der Waals surface area contributed by atoms with Crippen LogP contribution in [0.3, 0.4) is 0 Å². The predicted molar refractivity (Wildman–Crippen MR) is 126 cm³/mol. The molecule has 2 unspecified atom stereocenters. The first-order valence-electron chi connectivity index (χ1n) is 11.5. The number of ether oxygens (including phenoxy) is 4. The number of rotatable bonds is 12. The number of methoxy groups -OCH3 is 2. The Balaban J connectivity index is 2.11. The van der Waals surface area contributed by atoms with E-state index in [4.69, 9.17) is 18.9 Å². The van der Waals surface area contributed by atoms with Crippen molar-refractivity contribution in [3.05, 3.63) is 23.8 Å². The molecule has 1 saturated heterocycles. The maximum absolute atomic E-state index is 13.5. The number of alkyl carbamates (subject to hydrolysis) is 1. The van der Waals surface area contributed by atoms with Crippen LogP contribution in [0.15, 0.2) is 18.2 Å². The maximum Gasteiger partial charge on any atom is 0.407 e. The smallest absolute Gasteiger partial charge is 0.407 e. The average molecular weight is 466 g/mol. The van der Waals surface area contributed by atoms with Crippen molar-refractivity contribution in [1.29, 1.82) is 0 Å². The molecule has 1 aromatic rings. The van der Waals surface area contributed by atoms with E-state index >= 15 is 0 Å².